The van der Waals surface area contributed by atoms with Gasteiger partial charge in [0, 0.05) is 10.6 Å². The molecule has 132 valence electrons. The fourth-order valence-electron chi connectivity index (χ4n) is 2.09. The molecule has 2 amide bonds. The van der Waals surface area contributed by atoms with E-state index in [1.807, 2.05) is 12.1 Å². The average molecular weight is 372 g/mol. The molecule has 2 heterocycles. The molecule has 1 aromatic carbocycles. The number of hydrogen-bond acceptors (Lipinski definition) is 5. The SMILES string of the molecule is O=C(NCc1ccco1)C(=O)N/N=C/c1ccc(-c2cccc(Cl)c2)o1. The molecule has 3 aromatic rings. The predicted molar refractivity (Wildman–Crippen MR) is 95.4 cm³/mol. The van der Waals surface area contributed by atoms with Crippen LogP contribution in [0.1, 0.15) is 11.5 Å². The highest BCUT2D eigenvalue weighted by atomic mass is 35.5. The van der Waals surface area contributed by atoms with Crippen molar-refractivity contribution in [2.24, 2.45) is 5.10 Å². The maximum atomic E-state index is 11.6. The highest BCUT2D eigenvalue weighted by molar-refractivity contribution is 6.35. The second-order valence-corrected chi connectivity index (χ2v) is 5.61. The Morgan fingerprint density at radius 3 is 2.77 bits per heavy atom. The van der Waals surface area contributed by atoms with Crippen LogP contribution in [-0.4, -0.2) is 18.0 Å². The van der Waals surface area contributed by atoms with Gasteiger partial charge in [0.25, 0.3) is 0 Å². The Bertz CT molecular complexity index is 932. The number of carbonyl (C=O) groups excluding carboxylic acids is 2. The molecule has 0 aliphatic rings. The van der Waals surface area contributed by atoms with E-state index in [9.17, 15) is 9.59 Å². The van der Waals surface area contributed by atoms with E-state index < -0.39 is 11.8 Å². The molecule has 7 nitrogen and oxygen atoms in total. The zero-order chi connectivity index (χ0) is 18.4. The summed E-state index contributed by atoms with van der Waals surface area (Å²) in [6, 6.07) is 14.0. The normalized spacial score (nSPS) is 10.8. The number of benzene rings is 1. The van der Waals surface area contributed by atoms with Gasteiger partial charge < -0.3 is 14.2 Å². The summed E-state index contributed by atoms with van der Waals surface area (Å²) in [5.41, 5.74) is 2.94. The Hall–Kier alpha value is -3.32. The Balaban J connectivity index is 1.52. The van der Waals surface area contributed by atoms with E-state index >= 15 is 0 Å². The monoisotopic (exact) mass is 371 g/mol. The first kappa shape index (κ1) is 17.5. The summed E-state index contributed by atoms with van der Waals surface area (Å²) in [4.78, 5) is 23.3. The standard InChI is InChI=1S/C18H14ClN3O4/c19-13-4-1-3-12(9-13)16-7-6-15(26-16)11-21-22-18(24)17(23)20-10-14-5-2-8-25-14/h1-9,11H,10H2,(H,20,23)(H,22,24)/b21-11+. The molecule has 0 bridgehead atoms. The quantitative estimate of drug-likeness (QED) is 0.409. The van der Waals surface area contributed by atoms with Crippen LogP contribution in [0.3, 0.4) is 0 Å². The van der Waals surface area contributed by atoms with Gasteiger partial charge in [0.2, 0.25) is 0 Å². The van der Waals surface area contributed by atoms with Crippen LogP contribution in [0.15, 0.2) is 68.7 Å². The van der Waals surface area contributed by atoms with E-state index in [0.29, 0.717) is 22.3 Å². The van der Waals surface area contributed by atoms with Crippen molar-refractivity contribution in [1.29, 1.82) is 0 Å². The second-order valence-electron chi connectivity index (χ2n) is 5.17. The summed E-state index contributed by atoms with van der Waals surface area (Å²) < 4.78 is 10.6. The van der Waals surface area contributed by atoms with Gasteiger partial charge in [-0.3, -0.25) is 9.59 Å². The first-order chi connectivity index (χ1) is 12.6. The topological polar surface area (TPSA) is 96.8 Å². The van der Waals surface area contributed by atoms with Gasteiger partial charge in [0.15, 0.2) is 0 Å². The van der Waals surface area contributed by atoms with Crippen LogP contribution in [0.25, 0.3) is 11.3 Å². The van der Waals surface area contributed by atoms with Gasteiger partial charge in [0.05, 0.1) is 19.0 Å². The van der Waals surface area contributed by atoms with E-state index in [2.05, 4.69) is 15.8 Å². The summed E-state index contributed by atoms with van der Waals surface area (Å²) in [5.74, 6) is -0.154. The predicted octanol–water partition coefficient (Wildman–Crippen LogP) is 2.96. The Morgan fingerprint density at radius 1 is 1.12 bits per heavy atom. The number of hydrogen-bond donors (Lipinski definition) is 2. The van der Waals surface area contributed by atoms with Gasteiger partial charge in [0.1, 0.15) is 17.3 Å². The van der Waals surface area contributed by atoms with Crippen LogP contribution in [0.4, 0.5) is 0 Å². The maximum Gasteiger partial charge on any atom is 0.329 e. The Morgan fingerprint density at radius 2 is 2.00 bits per heavy atom. The molecular weight excluding hydrogens is 358 g/mol. The molecular formula is C18H14ClN3O4. The summed E-state index contributed by atoms with van der Waals surface area (Å²) in [6.07, 6.45) is 2.78. The third-order valence-electron chi connectivity index (χ3n) is 3.30. The average Bonchev–Trinajstić information content (AvgIpc) is 3.31. The molecule has 0 atom stereocenters. The van der Waals surface area contributed by atoms with Gasteiger partial charge in [-0.15, -0.1) is 0 Å². The highest BCUT2D eigenvalue weighted by Crippen LogP contribution is 2.24. The van der Waals surface area contributed by atoms with Crippen molar-refractivity contribution in [2.75, 3.05) is 0 Å². The highest BCUT2D eigenvalue weighted by Gasteiger charge is 2.12. The molecule has 8 heteroatoms. The maximum absolute atomic E-state index is 11.6. The van der Waals surface area contributed by atoms with Crippen molar-refractivity contribution in [3.05, 3.63) is 71.3 Å². The lowest BCUT2D eigenvalue weighted by Crippen LogP contribution is -2.37. The van der Waals surface area contributed by atoms with E-state index in [0.717, 1.165) is 5.56 Å². The largest absolute Gasteiger partial charge is 0.467 e. The van der Waals surface area contributed by atoms with Crippen LogP contribution in [0.2, 0.25) is 5.02 Å². The van der Waals surface area contributed by atoms with Crippen molar-refractivity contribution in [2.45, 2.75) is 6.54 Å². The van der Waals surface area contributed by atoms with E-state index in [-0.39, 0.29) is 6.54 Å². The lowest BCUT2D eigenvalue weighted by molar-refractivity contribution is -0.139. The van der Waals surface area contributed by atoms with Crippen molar-refractivity contribution < 1.29 is 18.4 Å². The number of amides is 2. The summed E-state index contributed by atoms with van der Waals surface area (Å²) in [6.45, 7) is 0.115. The smallest absolute Gasteiger partial charge is 0.329 e. The molecule has 0 aliphatic carbocycles. The van der Waals surface area contributed by atoms with Crippen molar-refractivity contribution in [3.8, 4) is 11.3 Å². The van der Waals surface area contributed by atoms with Crippen LogP contribution in [-0.2, 0) is 16.1 Å². The zero-order valence-corrected chi connectivity index (χ0v) is 14.2. The summed E-state index contributed by atoms with van der Waals surface area (Å²) in [5, 5.41) is 6.71. The number of nitrogens with one attached hydrogen (secondary N) is 2. The van der Waals surface area contributed by atoms with Gasteiger partial charge in [-0.2, -0.15) is 5.10 Å². The molecule has 0 saturated carbocycles. The van der Waals surface area contributed by atoms with Gasteiger partial charge in [-0.1, -0.05) is 23.7 Å². The van der Waals surface area contributed by atoms with E-state index in [1.165, 1.54) is 12.5 Å². The zero-order valence-electron chi connectivity index (χ0n) is 13.4. The lowest BCUT2D eigenvalue weighted by atomic mass is 10.2. The minimum Gasteiger partial charge on any atom is -0.467 e. The number of nitrogens with zero attached hydrogens (tertiary/aromatic N) is 1. The van der Waals surface area contributed by atoms with Gasteiger partial charge in [-0.05, 0) is 36.4 Å². The number of carbonyl (C=O) groups is 2. The van der Waals surface area contributed by atoms with Crippen molar-refractivity contribution in [3.63, 3.8) is 0 Å². The van der Waals surface area contributed by atoms with E-state index in [1.54, 1.807) is 36.4 Å². The molecule has 2 N–H and O–H groups in total. The molecule has 2 aromatic heterocycles. The van der Waals surface area contributed by atoms with Gasteiger partial charge >= 0.3 is 11.8 Å². The third kappa shape index (κ3) is 4.61. The summed E-state index contributed by atoms with van der Waals surface area (Å²) >= 11 is 5.95. The first-order valence-electron chi connectivity index (χ1n) is 7.61. The lowest BCUT2D eigenvalue weighted by Gasteiger charge is -2.01. The van der Waals surface area contributed by atoms with Crippen molar-refractivity contribution in [1.82, 2.24) is 10.7 Å². The Kier molecular flexibility index (Phi) is 5.50. The molecule has 0 aliphatic heterocycles. The number of rotatable bonds is 5. The fourth-order valence-corrected chi connectivity index (χ4v) is 2.28. The minimum absolute atomic E-state index is 0.115. The van der Waals surface area contributed by atoms with Crippen molar-refractivity contribution >= 4 is 29.6 Å². The number of halogens is 1. The molecule has 0 spiro atoms. The Labute approximate surface area is 153 Å². The number of hydrazone groups is 1. The molecule has 26 heavy (non-hydrogen) atoms. The molecule has 0 fully saturated rings. The van der Waals surface area contributed by atoms with Crippen LogP contribution >= 0.6 is 11.6 Å². The fraction of sp³-hybridized carbons (Fsp3) is 0.0556. The molecule has 0 saturated heterocycles. The van der Waals surface area contributed by atoms with Crippen LogP contribution in [0.5, 0.6) is 0 Å². The van der Waals surface area contributed by atoms with Gasteiger partial charge in [-0.25, -0.2) is 5.43 Å². The van der Waals surface area contributed by atoms with Crippen LogP contribution in [0, 0.1) is 0 Å². The molecule has 3 rings (SSSR count). The number of furan rings is 2. The summed E-state index contributed by atoms with van der Waals surface area (Å²) in [7, 11) is 0. The second kappa shape index (κ2) is 8.17. The first-order valence-corrected chi connectivity index (χ1v) is 7.99. The molecule has 0 unspecified atom stereocenters. The minimum atomic E-state index is -0.894. The third-order valence-corrected chi connectivity index (χ3v) is 3.54. The van der Waals surface area contributed by atoms with E-state index in [4.69, 9.17) is 20.4 Å². The molecule has 0 radical (unpaired) electrons. The van der Waals surface area contributed by atoms with Crippen LogP contribution < -0.4 is 10.7 Å².